The first-order valence-corrected chi connectivity index (χ1v) is 13.7. The topological polar surface area (TPSA) is 0 Å². The van der Waals surface area contributed by atoms with Gasteiger partial charge in [-0.3, -0.25) is 0 Å². The van der Waals surface area contributed by atoms with Gasteiger partial charge in [-0.2, -0.15) is 0 Å². The molecule has 0 saturated carbocycles. The van der Waals surface area contributed by atoms with E-state index >= 15 is 0 Å². The fourth-order valence-corrected chi connectivity index (χ4v) is 7.00. The summed E-state index contributed by atoms with van der Waals surface area (Å²) < 4.78 is 2.68. The molecule has 0 nitrogen and oxygen atoms in total. The summed E-state index contributed by atoms with van der Waals surface area (Å²) in [6.45, 7) is 0. The molecule has 0 amide bonds. The van der Waals surface area contributed by atoms with E-state index in [4.69, 9.17) is 0 Å². The Balaban J connectivity index is 1.25. The molecular formula is C34H22S2. The van der Waals surface area contributed by atoms with Crippen molar-refractivity contribution in [2.75, 3.05) is 0 Å². The van der Waals surface area contributed by atoms with Crippen LogP contribution in [-0.4, -0.2) is 0 Å². The van der Waals surface area contributed by atoms with Crippen LogP contribution >= 0.6 is 22.7 Å². The first-order chi connectivity index (χ1) is 17.8. The lowest BCUT2D eigenvalue weighted by Crippen LogP contribution is -1.78. The molecule has 36 heavy (non-hydrogen) atoms. The van der Waals surface area contributed by atoms with Crippen LogP contribution in [0.5, 0.6) is 0 Å². The lowest BCUT2D eigenvalue weighted by atomic mass is 10.0. The molecule has 5 aromatic carbocycles. The van der Waals surface area contributed by atoms with Crippen LogP contribution in [0.1, 0.15) is 0 Å². The summed E-state index contributed by atoms with van der Waals surface area (Å²) in [6, 6.07) is 48.4. The molecule has 170 valence electrons. The van der Waals surface area contributed by atoms with E-state index in [0.29, 0.717) is 0 Å². The molecule has 0 N–H and O–H groups in total. The second kappa shape index (κ2) is 8.91. The van der Waals surface area contributed by atoms with Crippen LogP contribution in [0.15, 0.2) is 133 Å². The Hall–Kier alpha value is -3.98. The molecule has 0 radical (unpaired) electrons. The Kier molecular flexibility index (Phi) is 5.27. The summed E-state index contributed by atoms with van der Waals surface area (Å²) in [5.74, 6) is 0. The van der Waals surface area contributed by atoms with Crippen LogP contribution in [0.4, 0.5) is 0 Å². The molecule has 7 aromatic rings. The maximum absolute atomic E-state index is 2.36. The Bertz CT molecular complexity index is 1640. The zero-order valence-corrected chi connectivity index (χ0v) is 21.2. The van der Waals surface area contributed by atoms with Gasteiger partial charge in [-0.05, 0) is 80.6 Å². The monoisotopic (exact) mass is 494 g/mol. The van der Waals surface area contributed by atoms with E-state index in [1.54, 1.807) is 0 Å². The summed E-state index contributed by atoms with van der Waals surface area (Å²) in [6.07, 6.45) is 0. The highest BCUT2D eigenvalue weighted by Crippen LogP contribution is 2.41. The van der Waals surface area contributed by atoms with Crippen LogP contribution in [0.2, 0.25) is 0 Å². The van der Waals surface area contributed by atoms with Gasteiger partial charge in [0, 0.05) is 19.2 Å². The average molecular weight is 495 g/mol. The van der Waals surface area contributed by atoms with Gasteiger partial charge in [0.05, 0.1) is 0 Å². The van der Waals surface area contributed by atoms with E-state index in [9.17, 15) is 0 Å². The highest BCUT2D eigenvalue weighted by Gasteiger charge is 2.11. The Labute approximate surface area is 218 Å². The summed E-state index contributed by atoms with van der Waals surface area (Å²) in [5, 5.41) is 2.64. The predicted octanol–water partition coefficient (Wildman–Crippen LogP) is 10.8. The molecule has 0 spiro atoms. The van der Waals surface area contributed by atoms with Gasteiger partial charge in [0.25, 0.3) is 0 Å². The molecule has 0 fully saturated rings. The van der Waals surface area contributed by atoms with Crippen LogP contribution < -0.4 is 0 Å². The molecule has 0 saturated heterocycles. The van der Waals surface area contributed by atoms with Crippen LogP contribution in [0, 0.1) is 0 Å². The number of fused-ring (bicyclic) bond motifs is 2. The molecule has 0 bridgehead atoms. The number of rotatable bonds is 4. The quantitative estimate of drug-likeness (QED) is 0.228. The van der Waals surface area contributed by atoms with Crippen molar-refractivity contribution < 1.29 is 0 Å². The van der Waals surface area contributed by atoms with Crippen LogP contribution in [0.3, 0.4) is 0 Å². The van der Waals surface area contributed by atoms with E-state index in [1.165, 1.54) is 63.3 Å². The van der Waals surface area contributed by atoms with Gasteiger partial charge in [-0.1, -0.05) is 97.1 Å². The third-order valence-electron chi connectivity index (χ3n) is 6.66. The third-order valence-corrected chi connectivity index (χ3v) is 8.96. The molecule has 2 heterocycles. The van der Waals surface area contributed by atoms with Gasteiger partial charge in [-0.25, -0.2) is 0 Å². The van der Waals surface area contributed by atoms with Crippen molar-refractivity contribution in [2.24, 2.45) is 0 Å². The Morgan fingerprint density at radius 1 is 0.306 bits per heavy atom. The highest BCUT2D eigenvalue weighted by molar-refractivity contribution is 7.23. The third kappa shape index (κ3) is 3.95. The minimum absolute atomic E-state index is 1.25. The van der Waals surface area contributed by atoms with Gasteiger partial charge in [-0.15, -0.1) is 22.7 Å². The van der Waals surface area contributed by atoms with Gasteiger partial charge in [0.1, 0.15) is 0 Å². The predicted molar refractivity (Wildman–Crippen MR) is 159 cm³/mol. The zero-order valence-electron chi connectivity index (χ0n) is 19.5. The summed E-state index contributed by atoms with van der Waals surface area (Å²) in [5.41, 5.74) is 7.58. The average Bonchev–Trinajstić information content (AvgIpc) is 3.56. The highest BCUT2D eigenvalue weighted by atomic mass is 32.1. The Morgan fingerprint density at radius 3 is 1.14 bits per heavy atom. The molecule has 0 aliphatic carbocycles. The standard InChI is InChI=1S/C34H22S2/c1-3-9-23(10-4-1)25-13-7-15-27(17-25)31-19-29-21-34-30(22-33(29)35-31)20-32(36-34)28-16-8-14-26(18-28)24-11-5-2-6-12-24/h1-22H. The molecule has 0 aliphatic rings. The van der Waals surface area contributed by atoms with Crippen LogP contribution in [-0.2, 0) is 0 Å². The number of benzene rings is 5. The van der Waals surface area contributed by atoms with Crippen molar-refractivity contribution >= 4 is 42.8 Å². The molecule has 2 heteroatoms. The molecule has 0 unspecified atom stereocenters. The van der Waals surface area contributed by atoms with Crippen molar-refractivity contribution in [1.82, 2.24) is 0 Å². The fraction of sp³-hybridized carbons (Fsp3) is 0. The van der Waals surface area contributed by atoms with Crippen molar-refractivity contribution in [3.05, 3.63) is 133 Å². The van der Waals surface area contributed by atoms with Crippen molar-refractivity contribution in [3.63, 3.8) is 0 Å². The van der Waals surface area contributed by atoms with Gasteiger partial charge < -0.3 is 0 Å². The van der Waals surface area contributed by atoms with E-state index in [0.717, 1.165) is 0 Å². The molecule has 2 aromatic heterocycles. The lowest BCUT2D eigenvalue weighted by molar-refractivity contribution is 1.62. The van der Waals surface area contributed by atoms with E-state index in [1.807, 2.05) is 22.7 Å². The maximum atomic E-state index is 2.36. The second-order valence-corrected chi connectivity index (χ2v) is 11.2. The van der Waals surface area contributed by atoms with E-state index in [-0.39, 0.29) is 0 Å². The number of hydrogen-bond donors (Lipinski definition) is 0. The first kappa shape index (κ1) is 21.3. The number of hydrogen-bond acceptors (Lipinski definition) is 2. The van der Waals surface area contributed by atoms with E-state index in [2.05, 4.69) is 133 Å². The van der Waals surface area contributed by atoms with Gasteiger partial charge >= 0.3 is 0 Å². The first-order valence-electron chi connectivity index (χ1n) is 12.1. The minimum atomic E-state index is 1.25. The summed E-state index contributed by atoms with van der Waals surface area (Å²) in [7, 11) is 0. The number of thiophene rings is 2. The SMILES string of the molecule is c1ccc(-c2cccc(-c3cc4cc5sc(-c6cccc(-c7ccccc7)c6)cc5cc4s3)c2)cc1. The molecule has 7 rings (SSSR count). The normalized spacial score (nSPS) is 11.3. The van der Waals surface area contributed by atoms with E-state index < -0.39 is 0 Å². The van der Waals surface area contributed by atoms with Gasteiger partial charge in [0.2, 0.25) is 0 Å². The smallest absolute Gasteiger partial charge is 0.0356 e. The van der Waals surface area contributed by atoms with Gasteiger partial charge in [0.15, 0.2) is 0 Å². The summed E-state index contributed by atoms with van der Waals surface area (Å²) in [4.78, 5) is 2.63. The largest absolute Gasteiger partial charge is 0.135 e. The second-order valence-electron chi connectivity index (χ2n) is 9.04. The summed E-state index contributed by atoms with van der Waals surface area (Å²) >= 11 is 3.76. The van der Waals surface area contributed by atoms with Crippen LogP contribution in [0.25, 0.3) is 63.3 Å². The molecular weight excluding hydrogens is 473 g/mol. The maximum Gasteiger partial charge on any atom is 0.0356 e. The molecule has 0 aliphatic heterocycles. The van der Waals surface area contributed by atoms with Crippen molar-refractivity contribution in [2.45, 2.75) is 0 Å². The zero-order chi connectivity index (χ0) is 23.9. The van der Waals surface area contributed by atoms with Crippen molar-refractivity contribution in [3.8, 4) is 43.1 Å². The molecule has 0 atom stereocenters. The fourth-order valence-electron chi connectivity index (χ4n) is 4.82. The minimum Gasteiger partial charge on any atom is -0.135 e. The Morgan fingerprint density at radius 2 is 0.694 bits per heavy atom. The van der Waals surface area contributed by atoms with Crippen molar-refractivity contribution in [1.29, 1.82) is 0 Å². The lowest BCUT2D eigenvalue weighted by Gasteiger charge is -2.04.